The zero-order valence-corrected chi connectivity index (χ0v) is 20.1. The van der Waals surface area contributed by atoms with Crippen molar-refractivity contribution in [3.63, 3.8) is 0 Å². The fraction of sp³-hybridized carbons (Fsp3) is 0.273. The van der Waals surface area contributed by atoms with Crippen LogP contribution in [-0.2, 0) is 18.0 Å². The fourth-order valence-corrected chi connectivity index (χ4v) is 4.30. The van der Waals surface area contributed by atoms with E-state index in [1.165, 1.54) is 13.1 Å². The van der Waals surface area contributed by atoms with Crippen LogP contribution in [0, 0.1) is 5.82 Å². The van der Waals surface area contributed by atoms with Gasteiger partial charge in [0, 0.05) is 24.2 Å². The molecule has 35 heavy (non-hydrogen) atoms. The first-order chi connectivity index (χ1) is 16.3. The number of pyridine rings is 1. The van der Waals surface area contributed by atoms with E-state index in [2.05, 4.69) is 4.98 Å². The van der Waals surface area contributed by atoms with Gasteiger partial charge in [-0.3, -0.25) is 14.2 Å². The summed E-state index contributed by atoms with van der Waals surface area (Å²) in [6.07, 6.45) is -3.89. The van der Waals surface area contributed by atoms with Crippen molar-refractivity contribution < 1.29 is 27.1 Å². The minimum Gasteiger partial charge on any atom is -0.466 e. The fourth-order valence-electron chi connectivity index (χ4n) is 3.14. The van der Waals surface area contributed by atoms with Crippen molar-refractivity contribution in [2.24, 2.45) is 7.05 Å². The monoisotopic (exact) mass is 531 g/mol. The van der Waals surface area contributed by atoms with Crippen molar-refractivity contribution in [2.75, 3.05) is 0 Å². The highest BCUT2D eigenvalue weighted by Gasteiger charge is 2.35. The van der Waals surface area contributed by atoms with Gasteiger partial charge < -0.3 is 4.74 Å². The average molecular weight is 532 g/mol. The molecule has 13 heteroatoms. The van der Waals surface area contributed by atoms with Gasteiger partial charge in [-0.1, -0.05) is 30.3 Å². The minimum atomic E-state index is -4.96. The Bertz CT molecular complexity index is 1400. The molecule has 3 aromatic rings. The van der Waals surface area contributed by atoms with Crippen LogP contribution in [0.15, 0.2) is 55.9 Å². The number of benzene rings is 1. The van der Waals surface area contributed by atoms with Crippen LogP contribution in [0.1, 0.15) is 26.0 Å². The van der Waals surface area contributed by atoms with Crippen molar-refractivity contribution >= 4 is 29.1 Å². The number of nitrogens with zero attached hydrogens (tertiary/aromatic N) is 3. The molecule has 7 nitrogen and oxygen atoms in total. The Morgan fingerprint density at radius 3 is 2.51 bits per heavy atom. The van der Waals surface area contributed by atoms with E-state index in [9.17, 15) is 31.9 Å². The molecule has 0 aliphatic heterocycles. The smallest absolute Gasteiger partial charge is 0.431 e. The largest absolute Gasteiger partial charge is 0.466 e. The Hall–Kier alpha value is -3.12. The van der Waals surface area contributed by atoms with E-state index in [-0.39, 0.29) is 36.8 Å². The lowest BCUT2D eigenvalue weighted by atomic mass is 10.2. The van der Waals surface area contributed by atoms with Crippen LogP contribution in [0.3, 0.4) is 0 Å². The Morgan fingerprint density at radius 2 is 1.91 bits per heavy atom. The Kier molecular flexibility index (Phi) is 7.75. The van der Waals surface area contributed by atoms with E-state index < -0.39 is 40.7 Å². The molecule has 1 aromatic carbocycles. The summed E-state index contributed by atoms with van der Waals surface area (Å²) in [5.74, 6) is -1.21. The molecule has 0 bridgehead atoms. The van der Waals surface area contributed by atoms with Gasteiger partial charge in [0.2, 0.25) is 5.88 Å². The molecule has 0 saturated carbocycles. The topological polar surface area (TPSA) is 83.2 Å². The quantitative estimate of drug-likeness (QED) is 0.413. The minimum absolute atomic E-state index is 0.0959. The van der Waals surface area contributed by atoms with Gasteiger partial charge in [0.1, 0.15) is 11.5 Å². The number of hydrogen-bond acceptors (Lipinski definition) is 6. The van der Waals surface area contributed by atoms with Gasteiger partial charge in [-0.05, 0) is 37.6 Å². The molecule has 0 amide bonds. The van der Waals surface area contributed by atoms with Crippen molar-refractivity contribution in [1.82, 2.24) is 14.1 Å². The number of rotatable bonds is 7. The predicted molar refractivity (Wildman–Crippen MR) is 121 cm³/mol. The molecule has 2 heterocycles. The molecule has 0 saturated heterocycles. The number of carbonyl (C=O) groups is 1. The van der Waals surface area contributed by atoms with E-state index in [4.69, 9.17) is 16.3 Å². The van der Waals surface area contributed by atoms with Gasteiger partial charge in [0.25, 0.3) is 5.56 Å². The second-order valence-corrected chi connectivity index (χ2v) is 8.80. The van der Waals surface area contributed by atoms with E-state index in [1.54, 1.807) is 19.1 Å². The van der Waals surface area contributed by atoms with Crippen molar-refractivity contribution in [3.8, 4) is 11.6 Å². The Balaban J connectivity index is 2.11. The SMILES string of the molecule is CCC(Oc1ncccc1Sc1cc(-n2c(=O)cc(C(F)(F)F)n(C)c2=O)c(F)cc1Cl)C(C)=O. The van der Waals surface area contributed by atoms with Gasteiger partial charge in [-0.25, -0.2) is 18.7 Å². The molecular formula is C22H18ClF4N3O4S. The average Bonchev–Trinajstić information content (AvgIpc) is 2.77. The molecule has 0 aliphatic rings. The molecule has 0 N–H and O–H groups in total. The maximum atomic E-state index is 14.8. The maximum Gasteiger partial charge on any atom is 0.431 e. The number of carbonyl (C=O) groups excluding carboxylic acids is 1. The van der Waals surface area contributed by atoms with Crippen molar-refractivity contribution in [2.45, 2.75) is 42.3 Å². The first-order valence-corrected chi connectivity index (χ1v) is 11.2. The van der Waals surface area contributed by atoms with Gasteiger partial charge in [-0.15, -0.1) is 0 Å². The van der Waals surface area contributed by atoms with Crippen LogP contribution in [0.2, 0.25) is 5.02 Å². The molecule has 0 fully saturated rings. The van der Waals surface area contributed by atoms with Crippen LogP contribution in [0.5, 0.6) is 5.88 Å². The third-order valence-electron chi connectivity index (χ3n) is 4.89. The summed E-state index contributed by atoms with van der Waals surface area (Å²) in [5.41, 5.74) is -4.81. The van der Waals surface area contributed by atoms with Gasteiger partial charge in [-0.2, -0.15) is 13.2 Å². The normalized spacial score (nSPS) is 12.5. The highest BCUT2D eigenvalue weighted by Crippen LogP contribution is 2.39. The van der Waals surface area contributed by atoms with Gasteiger partial charge >= 0.3 is 11.9 Å². The summed E-state index contributed by atoms with van der Waals surface area (Å²) in [4.78, 5) is 41.4. The first kappa shape index (κ1) is 26.5. The highest BCUT2D eigenvalue weighted by molar-refractivity contribution is 7.99. The summed E-state index contributed by atoms with van der Waals surface area (Å²) in [5, 5.41) is -0.0959. The number of ether oxygens (including phenoxy) is 1. The lowest BCUT2D eigenvalue weighted by Gasteiger charge is -2.17. The van der Waals surface area contributed by atoms with E-state index in [0.717, 1.165) is 30.9 Å². The second-order valence-electron chi connectivity index (χ2n) is 7.31. The van der Waals surface area contributed by atoms with Crippen LogP contribution in [-0.4, -0.2) is 26.0 Å². The third-order valence-corrected chi connectivity index (χ3v) is 6.40. The Labute approximate surface area is 205 Å². The van der Waals surface area contributed by atoms with Gasteiger partial charge in [0.15, 0.2) is 11.9 Å². The maximum absolute atomic E-state index is 14.8. The molecule has 0 aliphatic carbocycles. The zero-order chi connectivity index (χ0) is 26.1. The van der Waals surface area contributed by atoms with Crippen molar-refractivity contribution in [1.29, 1.82) is 0 Å². The van der Waals surface area contributed by atoms with Crippen LogP contribution >= 0.6 is 23.4 Å². The predicted octanol–water partition coefficient (Wildman–Crippen LogP) is 4.64. The standard InChI is InChI=1S/C22H18ClF4N3O4S/c1-4-15(11(2)31)34-20-16(6-5-7-28-20)35-17-9-14(13(24)8-12(17)23)30-19(32)10-18(22(25,26)27)29(3)21(30)33/h5-10,15H,4H2,1-3H3. The van der Waals surface area contributed by atoms with Crippen LogP contribution < -0.4 is 16.0 Å². The molecule has 0 radical (unpaired) electrons. The first-order valence-electron chi connectivity index (χ1n) is 10.0. The third kappa shape index (κ3) is 5.59. The molecule has 1 unspecified atom stereocenters. The lowest BCUT2D eigenvalue weighted by molar-refractivity contribution is -0.144. The van der Waals surface area contributed by atoms with Gasteiger partial charge in [0.05, 0.1) is 15.6 Å². The summed E-state index contributed by atoms with van der Waals surface area (Å²) < 4.78 is 60.4. The lowest BCUT2D eigenvalue weighted by Crippen LogP contribution is -2.41. The second kappa shape index (κ2) is 10.2. The number of halogens is 5. The number of alkyl halides is 3. The molecule has 1 atom stereocenters. The molecule has 186 valence electrons. The summed E-state index contributed by atoms with van der Waals surface area (Å²) >= 11 is 7.12. The van der Waals surface area contributed by atoms with Crippen molar-refractivity contribution in [3.05, 3.63) is 73.9 Å². The summed E-state index contributed by atoms with van der Waals surface area (Å²) in [6, 6.07) is 5.30. The van der Waals surface area contributed by atoms with Crippen LogP contribution in [0.25, 0.3) is 5.69 Å². The van der Waals surface area contributed by atoms with E-state index >= 15 is 0 Å². The summed E-state index contributed by atoms with van der Waals surface area (Å²) in [6.45, 7) is 3.13. The zero-order valence-electron chi connectivity index (χ0n) is 18.5. The van der Waals surface area contributed by atoms with E-state index in [1.807, 2.05) is 0 Å². The number of hydrogen-bond donors (Lipinski definition) is 0. The molecule has 3 rings (SSSR count). The summed E-state index contributed by atoms with van der Waals surface area (Å²) in [7, 11) is 0.822. The number of aromatic nitrogens is 3. The molecule has 0 spiro atoms. The molecular weight excluding hydrogens is 514 g/mol. The highest BCUT2D eigenvalue weighted by atomic mass is 35.5. The Morgan fingerprint density at radius 1 is 1.23 bits per heavy atom. The number of Topliss-reactive ketones (excluding diaryl/α,β-unsaturated/α-hetero) is 1. The molecule has 2 aromatic heterocycles. The van der Waals surface area contributed by atoms with Crippen LogP contribution in [0.4, 0.5) is 17.6 Å². The number of ketones is 1. The van der Waals surface area contributed by atoms with E-state index in [0.29, 0.717) is 11.3 Å².